The van der Waals surface area contributed by atoms with Crippen LogP contribution in [0, 0.1) is 18.3 Å². The van der Waals surface area contributed by atoms with Crippen molar-refractivity contribution in [2.24, 2.45) is 0 Å². The maximum absolute atomic E-state index is 13.2. The van der Waals surface area contributed by atoms with Crippen LogP contribution in [0.15, 0.2) is 77.7 Å². The molecule has 0 aliphatic carbocycles. The maximum atomic E-state index is 13.2. The number of benzene rings is 3. The zero-order valence-corrected chi connectivity index (χ0v) is 19.7. The fourth-order valence-corrected chi connectivity index (χ4v) is 5.23. The number of nitriles is 1. The van der Waals surface area contributed by atoms with Gasteiger partial charge in [0.15, 0.2) is 0 Å². The van der Waals surface area contributed by atoms with Crippen LogP contribution >= 0.6 is 23.4 Å². The van der Waals surface area contributed by atoms with E-state index in [0.717, 1.165) is 44.4 Å². The van der Waals surface area contributed by atoms with E-state index in [4.69, 9.17) is 11.6 Å². The van der Waals surface area contributed by atoms with E-state index >= 15 is 0 Å². The summed E-state index contributed by atoms with van der Waals surface area (Å²) in [4.78, 5) is 27.4. The summed E-state index contributed by atoms with van der Waals surface area (Å²) < 4.78 is 2.14. The molecular weight excluding hydrogens is 466 g/mol. The molecule has 0 radical (unpaired) electrons. The molecule has 4 aromatic rings. The van der Waals surface area contributed by atoms with Crippen LogP contribution in [0.4, 0.5) is 10.5 Å². The molecule has 0 bridgehead atoms. The van der Waals surface area contributed by atoms with Crippen molar-refractivity contribution in [2.75, 3.05) is 4.90 Å². The second-order valence-corrected chi connectivity index (χ2v) is 9.30. The SMILES string of the molecule is Cc1c(/C=C2/SC(=O)N(c3cccc(Cl)c3)C2=O)c2ccccc2n1Cc1ccccc1C#N. The van der Waals surface area contributed by atoms with Crippen molar-refractivity contribution in [1.82, 2.24) is 4.57 Å². The van der Waals surface area contributed by atoms with E-state index in [9.17, 15) is 14.9 Å². The summed E-state index contributed by atoms with van der Waals surface area (Å²) in [5.41, 5.74) is 4.81. The number of para-hydroxylation sites is 1. The second kappa shape index (κ2) is 8.86. The fourth-order valence-electron chi connectivity index (χ4n) is 4.22. The third kappa shape index (κ3) is 3.79. The van der Waals surface area contributed by atoms with Gasteiger partial charge in [-0.25, -0.2) is 4.90 Å². The Kier molecular flexibility index (Phi) is 5.74. The molecule has 0 unspecified atom stereocenters. The van der Waals surface area contributed by atoms with E-state index < -0.39 is 0 Å². The van der Waals surface area contributed by atoms with Gasteiger partial charge in [-0.3, -0.25) is 9.59 Å². The van der Waals surface area contributed by atoms with Crippen molar-refractivity contribution in [3.05, 3.63) is 105 Å². The minimum absolute atomic E-state index is 0.355. The van der Waals surface area contributed by atoms with Crippen molar-refractivity contribution >= 4 is 57.2 Å². The Morgan fingerprint density at radius 2 is 1.79 bits per heavy atom. The molecule has 1 aromatic heterocycles. The number of thioether (sulfide) groups is 1. The summed E-state index contributed by atoms with van der Waals surface area (Å²) in [5.74, 6) is -0.372. The molecular formula is C27H18ClN3O2S. The maximum Gasteiger partial charge on any atom is 0.298 e. The van der Waals surface area contributed by atoms with Gasteiger partial charge in [0.1, 0.15) is 0 Å². The van der Waals surface area contributed by atoms with E-state index in [1.54, 1.807) is 30.3 Å². The first-order valence-corrected chi connectivity index (χ1v) is 11.8. The predicted molar refractivity (Wildman–Crippen MR) is 137 cm³/mol. The van der Waals surface area contributed by atoms with Crippen molar-refractivity contribution in [1.29, 1.82) is 5.26 Å². The van der Waals surface area contributed by atoms with E-state index in [2.05, 4.69) is 10.6 Å². The molecule has 166 valence electrons. The van der Waals surface area contributed by atoms with Crippen LogP contribution in [0.3, 0.4) is 0 Å². The molecule has 1 saturated heterocycles. The number of hydrogen-bond acceptors (Lipinski definition) is 4. The smallest absolute Gasteiger partial charge is 0.298 e. The first-order valence-electron chi connectivity index (χ1n) is 10.6. The van der Waals surface area contributed by atoms with Gasteiger partial charge in [0.2, 0.25) is 0 Å². The average molecular weight is 484 g/mol. The highest BCUT2D eigenvalue weighted by atomic mass is 35.5. The summed E-state index contributed by atoms with van der Waals surface area (Å²) >= 11 is 6.99. The zero-order valence-electron chi connectivity index (χ0n) is 18.2. The normalized spacial score (nSPS) is 14.9. The predicted octanol–water partition coefficient (Wildman–Crippen LogP) is 6.76. The van der Waals surface area contributed by atoms with Crippen molar-refractivity contribution < 1.29 is 9.59 Å². The number of nitrogens with zero attached hydrogens (tertiary/aromatic N) is 3. The Labute approximate surface area is 205 Å². The van der Waals surface area contributed by atoms with Gasteiger partial charge in [-0.15, -0.1) is 0 Å². The Morgan fingerprint density at radius 3 is 2.59 bits per heavy atom. The highest BCUT2D eigenvalue weighted by Crippen LogP contribution is 2.38. The van der Waals surface area contributed by atoms with Crippen LogP contribution in [0.25, 0.3) is 17.0 Å². The lowest BCUT2D eigenvalue weighted by Crippen LogP contribution is -2.27. The average Bonchev–Trinajstić information content (AvgIpc) is 3.27. The van der Waals surface area contributed by atoms with Gasteiger partial charge in [-0.05, 0) is 60.7 Å². The molecule has 5 rings (SSSR count). The van der Waals surface area contributed by atoms with Gasteiger partial charge in [-0.1, -0.05) is 54.1 Å². The van der Waals surface area contributed by atoms with Gasteiger partial charge in [-0.2, -0.15) is 5.26 Å². The Balaban J connectivity index is 1.59. The first kappa shape index (κ1) is 22.0. The van der Waals surface area contributed by atoms with E-state index in [1.807, 2.05) is 55.5 Å². The molecule has 1 aliphatic rings. The van der Waals surface area contributed by atoms with Gasteiger partial charge >= 0.3 is 0 Å². The Hall–Kier alpha value is -3.79. The van der Waals surface area contributed by atoms with E-state index in [1.165, 1.54) is 0 Å². The van der Waals surface area contributed by atoms with Crippen LogP contribution < -0.4 is 4.90 Å². The fraction of sp³-hybridized carbons (Fsp3) is 0.0741. The summed E-state index contributed by atoms with van der Waals surface area (Å²) in [7, 11) is 0. The summed E-state index contributed by atoms with van der Waals surface area (Å²) in [6, 6.07) is 24.4. The van der Waals surface area contributed by atoms with Crippen molar-refractivity contribution in [3.63, 3.8) is 0 Å². The lowest BCUT2D eigenvalue weighted by Gasteiger charge is -2.12. The molecule has 34 heavy (non-hydrogen) atoms. The summed E-state index contributed by atoms with van der Waals surface area (Å²) in [6.45, 7) is 2.51. The molecule has 2 heterocycles. The number of anilines is 1. The van der Waals surface area contributed by atoms with Crippen LogP contribution in [-0.4, -0.2) is 15.7 Å². The molecule has 0 saturated carbocycles. The molecule has 0 N–H and O–H groups in total. The number of carbonyl (C=O) groups is 2. The molecule has 0 spiro atoms. The third-order valence-electron chi connectivity index (χ3n) is 5.88. The number of amides is 2. The number of carbonyl (C=O) groups excluding carboxylic acids is 2. The monoisotopic (exact) mass is 483 g/mol. The topological polar surface area (TPSA) is 66.1 Å². The number of rotatable bonds is 4. The van der Waals surface area contributed by atoms with Crippen LogP contribution in [-0.2, 0) is 11.3 Å². The van der Waals surface area contributed by atoms with Crippen molar-refractivity contribution in [2.45, 2.75) is 13.5 Å². The summed E-state index contributed by atoms with van der Waals surface area (Å²) in [5, 5.41) is 10.6. The summed E-state index contributed by atoms with van der Waals surface area (Å²) in [6.07, 6.45) is 1.79. The van der Waals surface area contributed by atoms with Gasteiger partial charge < -0.3 is 4.57 Å². The van der Waals surface area contributed by atoms with E-state index in [0.29, 0.717) is 27.7 Å². The van der Waals surface area contributed by atoms with Gasteiger partial charge in [0.25, 0.3) is 11.1 Å². The number of halogens is 1. The number of aromatic nitrogens is 1. The standard InChI is InChI=1S/C27H18ClN3O2S/c1-17-23(14-25-26(32)31(27(33)34-25)21-10-6-9-20(28)13-21)22-11-4-5-12-24(22)30(17)16-19-8-3-2-7-18(19)15-29/h2-14H,16H2,1H3/b25-14+. The molecule has 5 nitrogen and oxygen atoms in total. The minimum Gasteiger partial charge on any atom is -0.340 e. The molecule has 1 aliphatic heterocycles. The zero-order chi connectivity index (χ0) is 23.8. The Morgan fingerprint density at radius 1 is 1.03 bits per heavy atom. The number of imide groups is 1. The minimum atomic E-state index is -0.372. The van der Waals surface area contributed by atoms with Crippen molar-refractivity contribution in [3.8, 4) is 6.07 Å². The third-order valence-corrected chi connectivity index (χ3v) is 6.99. The van der Waals surface area contributed by atoms with E-state index in [-0.39, 0.29) is 11.1 Å². The highest BCUT2D eigenvalue weighted by molar-refractivity contribution is 8.19. The Bertz CT molecular complexity index is 1550. The molecule has 2 amide bonds. The van der Waals surface area contributed by atoms with Gasteiger partial charge in [0, 0.05) is 33.7 Å². The number of fused-ring (bicyclic) bond motifs is 1. The van der Waals surface area contributed by atoms with Gasteiger partial charge in [0.05, 0.1) is 22.2 Å². The highest BCUT2D eigenvalue weighted by Gasteiger charge is 2.36. The lowest BCUT2D eigenvalue weighted by atomic mass is 10.1. The molecule has 7 heteroatoms. The number of hydrogen-bond donors (Lipinski definition) is 0. The lowest BCUT2D eigenvalue weighted by molar-refractivity contribution is -0.113. The second-order valence-electron chi connectivity index (χ2n) is 7.87. The quantitative estimate of drug-likeness (QED) is 0.300. The first-order chi connectivity index (χ1) is 16.5. The van der Waals surface area contributed by atoms with Crippen LogP contribution in [0.5, 0.6) is 0 Å². The van der Waals surface area contributed by atoms with Crippen LogP contribution in [0.2, 0.25) is 5.02 Å². The van der Waals surface area contributed by atoms with Crippen LogP contribution in [0.1, 0.15) is 22.4 Å². The molecule has 1 fully saturated rings. The largest absolute Gasteiger partial charge is 0.340 e. The molecule has 0 atom stereocenters. The molecule has 3 aromatic carbocycles.